The molecular formula is C8H6F4N2O3. The van der Waals surface area contributed by atoms with Gasteiger partial charge in [0, 0.05) is 6.07 Å². The smallest absolute Gasteiger partial charge is 0.381 e. The summed E-state index contributed by atoms with van der Waals surface area (Å²) in [7, 11) is 0. The van der Waals surface area contributed by atoms with E-state index in [1.165, 1.54) is 6.92 Å². The van der Waals surface area contributed by atoms with Gasteiger partial charge in [-0.25, -0.2) is 9.37 Å². The summed E-state index contributed by atoms with van der Waals surface area (Å²) in [6.45, 7) is 0.157. The van der Waals surface area contributed by atoms with Gasteiger partial charge in [0.2, 0.25) is 0 Å². The van der Waals surface area contributed by atoms with Crippen LogP contribution >= 0.6 is 0 Å². The second-order valence-corrected chi connectivity index (χ2v) is 3.01. The lowest BCUT2D eigenvalue weighted by Crippen LogP contribution is -2.19. The van der Waals surface area contributed by atoms with Crippen molar-refractivity contribution in [2.75, 3.05) is 0 Å². The summed E-state index contributed by atoms with van der Waals surface area (Å²) in [5.41, 5.74) is -1.22. The number of nitro groups is 1. The Balaban J connectivity index is 3.29. The maximum Gasteiger partial charge on any atom is 0.574 e. The lowest BCUT2D eigenvalue weighted by Gasteiger charge is -2.09. The molecule has 0 spiro atoms. The number of pyridine rings is 1. The summed E-state index contributed by atoms with van der Waals surface area (Å²) < 4.78 is 51.6. The van der Waals surface area contributed by atoms with E-state index in [9.17, 15) is 27.7 Å². The third-order valence-electron chi connectivity index (χ3n) is 1.80. The maximum absolute atomic E-state index is 12.4. The molecule has 0 radical (unpaired) electrons. The Morgan fingerprint density at radius 2 is 2.12 bits per heavy atom. The Hall–Kier alpha value is -1.93. The molecule has 5 nitrogen and oxygen atoms in total. The van der Waals surface area contributed by atoms with E-state index >= 15 is 0 Å². The molecule has 0 N–H and O–H groups in total. The number of halogens is 4. The van der Waals surface area contributed by atoms with Crippen LogP contribution in [0, 0.1) is 17.0 Å². The van der Waals surface area contributed by atoms with Crippen LogP contribution in [-0.4, -0.2) is 16.3 Å². The predicted molar refractivity (Wildman–Crippen MR) is 47.1 cm³/mol. The SMILES string of the molecule is Cc1cc([N+](=O)[O-])c(OC(F)(F)F)nc1CF. The van der Waals surface area contributed by atoms with Crippen molar-refractivity contribution >= 4 is 5.69 Å². The minimum atomic E-state index is -5.12. The van der Waals surface area contributed by atoms with Crippen molar-refractivity contribution in [3.63, 3.8) is 0 Å². The van der Waals surface area contributed by atoms with E-state index in [1.54, 1.807) is 0 Å². The van der Waals surface area contributed by atoms with Crippen molar-refractivity contribution < 1.29 is 27.2 Å². The Bertz CT molecular complexity index is 447. The molecule has 94 valence electrons. The lowest BCUT2D eigenvalue weighted by atomic mass is 10.2. The topological polar surface area (TPSA) is 65.3 Å². The Labute approximate surface area is 92.2 Å². The quantitative estimate of drug-likeness (QED) is 0.472. The summed E-state index contributed by atoms with van der Waals surface area (Å²) in [5, 5.41) is 10.5. The maximum atomic E-state index is 12.4. The van der Waals surface area contributed by atoms with Gasteiger partial charge in [-0.3, -0.25) is 10.1 Å². The van der Waals surface area contributed by atoms with Gasteiger partial charge in [-0.15, -0.1) is 13.2 Å². The van der Waals surface area contributed by atoms with Crippen molar-refractivity contribution in [3.8, 4) is 5.88 Å². The average molecular weight is 254 g/mol. The second kappa shape index (κ2) is 4.52. The van der Waals surface area contributed by atoms with Crippen molar-refractivity contribution in [1.29, 1.82) is 0 Å². The number of hydrogen-bond acceptors (Lipinski definition) is 4. The fourth-order valence-electron chi connectivity index (χ4n) is 1.07. The zero-order valence-electron chi connectivity index (χ0n) is 8.42. The van der Waals surface area contributed by atoms with E-state index in [1.807, 2.05) is 0 Å². The standard InChI is InChI=1S/C8H6F4N2O3/c1-4-2-6(14(15)16)7(13-5(4)3-9)17-8(10,11)12/h2H,3H2,1H3. The van der Waals surface area contributed by atoms with Crippen LogP contribution in [0.15, 0.2) is 6.07 Å². The number of nitrogens with zero attached hydrogens (tertiary/aromatic N) is 2. The summed E-state index contributed by atoms with van der Waals surface area (Å²) >= 11 is 0. The minimum absolute atomic E-state index is 0.0775. The molecule has 1 heterocycles. The van der Waals surface area contributed by atoms with Gasteiger partial charge in [0.1, 0.15) is 6.67 Å². The highest BCUT2D eigenvalue weighted by Crippen LogP contribution is 2.31. The van der Waals surface area contributed by atoms with Crippen LogP contribution in [0.2, 0.25) is 0 Å². The van der Waals surface area contributed by atoms with Crippen LogP contribution in [0.25, 0.3) is 0 Å². The predicted octanol–water partition coefficient (Wildman–Crippen LogP) is 2.67. The van der Waals surface area contributed by atoms with E-state index in [2.05, 4.69) is 9.72 Å². The van der Waals surface area contributed by atoms with Crippen molar-refractivity contribution in [2.45, 2.75) is 20.0 Å². The molecule has 0 fully saturated rings. The van der Waals surface area contributed by atoms with Crippen LogP contribution in [0.5, 0.6) is 5.88 Å². The number of rotatable bonds is 3. The van der Waals surface area contributed by atoms with Crippen molar-refractivity contribution in [1.82, 2.24) is 4.98 Å². The Kier molecular flexibility index (Phi) is 3.49. The summed E-state index contributed by atoms with van der Waals surface area (Å²) in [6.07, 6.45) is -5.12. The molecule has 0 aliphatic rings. The van der Waals surface area contributed by atoms with Crippen molar-refractivity contribution in [3.05, 3.63) is 27.4 Å². The van der Waals surface area contributed by atoms with Gasteiger partial charge >= 0.3 is 17.9 Å². The van der Waals surface area contributed by atoms with Crippen LogP contribution < -0.4 is 4.74 Å². The van der Waals surface area contributed by atoms with Gasteiger partial charge in [-0.1, -0.05) is 0 Å². The molecule has 1 aromatic rings. The van der Waals surface area contributed by atoms with Gasteiger partial charge in [0.05, 0.1) is 10.6 Å². The van der Waals surface area contributed by atoms with Gasteiger partial charge in [-0.05, 0) is 12.5 Å². The number of aryl methyl sites for hydroxylation is 1. The molecule has 0 aliphatic heterocycles. The first-order chi connectivity index (χ1) is 7.74. The van der Waals surface area contributed by atoms with E-state index in [0.29, 0.717) is 0 Å². The molecular weight excluding hydrogens is 248 g/mol. The van der Waals surface area contributed by atoms with E-state index < -0.39 is 29.5 Å². The van der Waals surface area contributed by atoms with Gasteiger partial charge in [0.25, 0.3) is 0 Å². The molecule has 0 amide bonds. The number of alkyl halides is 4. The van der Waals surface area contributed by atoms with Crippen LogP contribution in [0.1, 0.15) is 11.3 Å². The Morgan fingerprint density at radius 3 is 2.53 bits per heavy atom. The first kappa shape index (κ1) is 13.1. The third-order valence-corrected chi connectivity index (χ3v) is 1.80. The minimum Gasteiger partial charge on any atom is -0.381 e. The largest absolute Gasteiger partial charge is 0.574 e. The van der Waals surface area contributed by atoms with Gasteiger partial charge in [-0.2, -0.15) is 0 Å². The lowest BCUT2D eigenvalue weighted by molar-refractivity contribution is -0.389. The highest BCUT2D eigenvalue weighted by molar-refractivity contribution is 5.45. The third kappa shape index (κ3) is 3.26. The molecule has 1 rings (SSSR count). The van der Waals surface area contributed by atoms with Gasteiger partial charge < -0.3 is 4.74 Å². The fourth-order valence-corrected chi connectivity index (χ4v) is 1.07. The zero-order valence-corrected chi connectivity index (χ0v) is 8.42. The molecule has 1 aromatic heterocycles. The van der Waals surface area contributed by atoms with Crippen LogP contribution in [0.3, 0.4) is 0 Å². The highest BCUT2D eigenvalue weighted by Gasteiger charge is 2.36. The normalized spacial score (nSPS) is 11.4. The first-order valence-electron chi connectivity index (χ1n) is 4.21. The molecule has 0 saturated carbocycles. The number of ether oxygens (including phenoxy) is 1. The molecule has 0 unspecified atom stereocenters. The van der Waals surface area contributed by atoms with Crippen LogP contribution in [-0.2, 0) is 6.67 Å². The van der Waals surface area contributed by atoms with Crippen LogP contribution in [0.4, 0.5) is 23.2 Å². The number of aromatic nitrogens is 1. The van der Waals surface area contributed by atoms with E-state index in [0.717, 1.165) is 6.07 Å². The van der Waals surface area contributed by atoms with E-state index in [-0.39, 0.29) is 11.3 Å². The van der Waals surface area contributed by atoms with Gasteiger partial charge in [0.15, 0.2) is 0 Å². The molecule has 17 heavy (non-hydrogen) atoms. The summed E-state index contributed by atoms with van der Waals surface area (Å²) in [4.78, 5) is 12.5. The van der Waals surface area contributed by atoms with Crippen molar-refractivity contribution in [2.24, 2.45) is 0 Å². The molecule has 9 heteroatoms. The highest BCUT2D eigenvalue weighted by atomic mass is 19.4. The monoisotopic (exact) mass is 254 g/mol. The summed E-state index contributed by atoms with van der Waals surface area (Å²) in [6, 6.07) is 0.781. The zero-order chi connectivity index (χ0) is 13.2. The molecule has 0 bridgehead atoms. The molecule has 0 aliphatic carbocycles. The van der Waals surface area contributed by atoms with E-state index in [4.69, 9.17) is 0 Å². The number of hydrogen-bond donors (Lipinski definition) is 0. The molecule has 0 saturated heterocycles. The average Bonchev–Trinajstić information content (AvgIpc) is 2.17. The molecule has 0 atom stereocenters. The summed E-state index contributed by atoms with van der Waals surface area (Å²) in [5.74, 6) is -1.26. The first-order valence-corrected chi connectivity index (χ1v) is 4.21. The fraction of sp³-hybridized carbons (Fsp3) is 0.375. The molecule has 0 aromatic carbocycles. The second-order valence-electron chi connectivity index (χ2n) is 3.01. The Morgan fingerprint density at radius 1 is 1.53 bits per heavy atom.